The highest BCUT2D eigenvalue weighted by Gasteiger charge is 2.04. The van der Waals surface area contributed by atoms with E-state index in [2.05, 4.69) is 17.3 Å². The molecule has 0 aliphatic heterocycles. The summed E-state index contributed by atoms with van der Waals surface area (Å²) in [6.45, 7) is 6.10. The number of halogens is 1. The number of nitrogens with zero attached hydrogens (tertiary/aromatic N) is 1. The molecule has 0 saturated carbocycles. The molecular formula is C20H26ClNO3. The molecule has 2 rings (SSSR count). The van der Waals surface area contributed by atoms with Crippen molar-refractivity contribution in [3.8, 4) is 5.75 Å². The minimum absolute atomic E-state index is 0.432. The number of rotatable bonds is 8. The smallest absolute Gasteiger partial charge is 0.137 e. The standard InChI is InChI=1S/C16H16ClNO2.C4H10O/c17-15-12-14(11-13-5-2-1-3-6-13)7-8-16(15)20-10-4-9-18-19;1-3-5-4-2/h1-3,5-9,12,19H,4,10-11H2;3-4H2,1-2H3. The molecule has 0 unspecified atom stereocenters. The number of benzene rings is 2. The molecule has 0 radical (unpaired) electrons. The van der Waals surface area contributed by atoms with E-state index in [-0.39, 0.29) is 0 Å². The molecule has 2 aromatic rings. The van der Waals surface area contributed by atoms with E-state index in [9.17, 15) is 0 Å². The van der Waals surface area contributed by atoms with Crippen LogP contribution in [0.3, 0.4) is 0 Å². The van der Waals surface area contributed by atoms with Crippen molar-refractivity contribution in [3.63, 3.8) is 0 Å². The summed E-state index contributed by atoms with van der Waals surface area (Å²) in [6, 6.07) is 16.0. The second-order valence-corrected chi connectivity index (χ2v) is 5.55. The maximum atomic E-state index is 8.28. The Morgan fingerprint density at radius 1 is 1.04 bits per heavy atom. The first-order valence-corrected chi connectivity index (χ1v) is 8.77. The molecule has 2 aromatic carbocycles. The number of hydrogen-bond donors (Lipinski definition) is 1. The van der Waals surface area contributed by atoms with Crippen molar-refractivity contribution in [1.82, 2.24) is 0 Å². The van der Waals surface area contributed by atoms with Gasteiger partial charge in [-0.05, 0) is 43.5 Å². The minimum atomic E-state index is 0.432. The largest absolute Gasteiger partial charge is 0.492 e. The van der Waals surface area contributed by atoms with Gasteiger partial charge in [-0.25, -0.2) is 0 Å². The molecule has 0 saturated heterocycles. The lowest BCUT2D eigenvalue weighted by Crippen LogP contribution is -1.99. The molecule has 0 aromatic heterocycles. The van der Waals surface area contributed by atoms with Crippen LogP contribution in [0.15, 0.2) is 53.7 Å². The van der Waals surface area contributed by atoms with Gasteiger partial charge in [-0.1, -0.05) is 48.0 Å². The van der Waals surface area contributed by atoms with Gasteiger partial charge in [0.05, 0.1) is 11.6 Å². The molecule has 5 heteroatoms. The van der Waals surface area contributed by atoms with Crippen molar-refractivity contribution >= 4 is 17.8 Å². The SMILES string of the molecule is CCOCC.ON=CCCOc1ccc(Cc2ccccc2)cc1Cl. The Kier molecular flexibility index (Phi) is 11.2. The summed E-state index contributed by atoms with van der Waals surface area (Å²) in [5.74, 6) is 0.648. The first kappa shape index (κ1) is 21.0. The molecule has 4 nitrogen and oxygen atoms in total. The Morgan fingerprint density at radius 3 is 2.32 bits per heavy atom. The summed E-state index contributed by atoms with van der Waals surface area (Å²) in [7, 11) is 0. The fraction of sp³-hybridized carbons (Fsp3) is 0.350. The highest BCUT2D eigenvalue weighted by Crippen LogP contribution is 2.26. The highest BCUT2D eigenvalue weighted by molar-refractivity contribution is 6.32. The highest BCUT2D eigenvalue weighted by atomic mass is 35.5. The van der Waals surface area contributed by atoms with Gasteiger partial charge >= 0.3 is 0 Å². The van der Waals surface area contributed by atoms with Crippen LogP contribution in [0.1, 0.15) is 31.4 Å². The summed E-state index contributed by atoms with van der Waals surface area (Å²) >= 11 is 6.20. The third-order valence-corrected chi connectivity index (χ3v) is 3.54. The van der Waals surface area contributed by atoms with Crippen molar-refractivity contribution in [2.75, 3.05) is 19.8 Å². The first-order chi connectivity index (χ1) is 12.2. The molecule has 0 bridgehead atoms. The van der Waals surface area contributed by atoms with E-state index < -0.39 is 0 Å². The Morgan fingerprint density at radius 2 is 1.76 bits per heavy atom. The van der Waals surface area contributed by atoms with Crippen LogP contribution in [0.4, 0.5) is 0 Å². The molecule has 0 spiro atoms. The van der Waals surface area contributed by atoms with Crippen molar-refractivity contribution < 1.29 is 14.7 Å². The van der Waals surface area contributed by atoms with E-state index in [0.717, 1.165) is 25.2 Å². The van der Waals surface area contributed by atoms with Crippen LogP contribution >= 0.6 is 11.6 Å². The summed E-state index contributed by atoms with van der Waals surface area (Å²) in [5, 5.41) is 11.8. The Bertz CT molecular complexity index is 616. The zero-order valence-corrected chi connectivity index (χ0v) is 15.6. The van der Waals surface area contributed by atoms with E-state index in [4.69, 9.17) is 26.3 Å². The average Bonchev–Trinajstić information content (AvgIpc) is 2.62. The molecule has 0 aliphatic carbocycles. The Hall–Kier alpha value is -2.04. The van der Waals surface area contributed by atoms with Crippen LogP contribution in [0, 0.1) is 0 Å². The van der Waals surface area contributed by atoms with Gasteiger partial charge in [0, 0.05) is 25.8 Å². The first-order valence-electron chi connectivity index (χ1n) is 8.40. The monoisotopic (exact) mass is 363 g/mol. The topological polar surface area (TPSA) is 51.0 Å². The number of oxime groups is 1. The predicted molar refractivity (Wildman–Crippen MR) is 103 cm³/mol. The van der Waals surface area contributed by atoms with Gasteiger partial charge in [-0.15, -0.1) is 5.16 Å². The molecular weight excluding hydrogens is 338 g/mol. The van der Waals surface area contributed by atoms with Crippen LogP contribution in [0.2, 0.25) is 5.02 Å². The van der Waals surface area contributed by atoms with Gasteiger partial charge in [0.25, 0.3) is 0 Å². The van der Waals surface area contributed by atoms with E-state index in [0.29, 0.717) is 23.8 Å². The maximum absolute atomic E-state index is 8.28. The van der Waals surface area contributed by atoms with Gasteiger partial charge in [0.2, 0.25) is 0 Å². The molecule has 0 fully saturated rings. The lowest BCUT2D eigenvalue weighted by Gasteiger charge is -2.08. The van der Waals surface area contributed by atoms with Crippen LogP contribution < -0.4 is 4.74 Å². The van der Waals surface area contributed by atoms with Crippen molar-refractivity contribution in [1.29, 1.82) is 0 Å². The van der Waals surface area contributed by atoms with E-state index in [1.165, 1.54) is 11.8 Å². The molecule has 136 valence electrons. The fourth-order valence-corrected chi connectivity index (χ4v) is 2.34. The number of ether oxygens (including phenoxy) is 2. The Balaban J connectivity index is 0.000000550. The summed E-state index contributed by atoms with van der Waals surface area (Å²) < 4.78 is 10.3. The molecule has 0 aliphatic rings. The van der Waals surface area contributed by atoms with Crippen LogP contribution in [0.25, 0.3) is 0 Å². The third kappa shape index (κ3) is 9.13. The lowest BCUT2D eigenvalue weighted by molar-refractivity contribution is 0.162. The summed E-state index contributed by atoms with van der Waals surface area (Å²) in [4.78, 5) is 0. The van der Waals surface area contributed by atoms with Gasteiger partial charge in [0.15, 0.2) is 0 Å². The van der Waals surface area contributed by atoms with Gasteiger partial charge in [-0.3, -0.25) is 0 Å². The van der Waals surface area contributed by atoms with Crippen LogP contribution in [-0.2, 0) is 11.2 Å². The normalized spacial score (nSPS) is 10.4. The lowest BCUT2D eigenvalue weighted by atomic mass is 10.1. The predicted octanol–water partition coefficient (Wildman–Crippen LogP) is 5.20. The van der Waals surface area contributed by atoms with E-state index in [1.807, 2.05) is 50.2 Å². The molecule has 0 atom stereocenters. The summed E-state index contributed by atoms with van der Waals surface area (Å²) in [6.07, 6.45) is 2.77. The second kappa shape index (κ2) is 13.3. The van der Waals surface area contributed by atoms with Crippen molar-refractivity contribution in [2.24, 2.45) is 5.16 Å². The summed E-state index contributed by atoms with van der Waals surface area (Å²) in [5.41, 5.74) is 2.39. The number of hydrogen-bond acceptors (Lipinski definition) is 4. The van der Waals surface area contributed by atoms with Gasteiger partial charge < -0.3 is 14.7 Å². The molecule has 1 N–H and O–H groups in total. The zero-order valence-electron chi connectivity index (χ0n) is 14.8. The van der Waals surface area contributed by atoms with Gasteiger partial charge in [0.1, 0.15) is 5.75 Å². The Labute approximate surface area is 155 Å². The second-order valence-electron chi connectivity index (χ2n) is 5.14. The third-order valence-electron chi connectivity index (χ3n) is 3.24. The minimum Gasteiger partial charge on any atom is -0.492 e. The van der Waals surface area contributed by atoms with Crippen molar-refractivity contribution in [2.45, 2.75) is 26.7 Å². The zero-order chi connectivity index (χ0) is 18.3. The maximum Gasteiger partial charge on any atom is 0.137 e. The molecule has 0 heterocycles. The van der Waals surface area contributed by atoms with Gasteiger partial charge in [-0.2, -0.15) is 0 Å². The van der Waals surface area contributed by atoms with E-state index >= 15 is 0 Å². The van der Waals surface area contributed by atoms with E-state index in [1.54, 1.807) is 0 Å². The van der Waals surface area contributed by atoms with Crippen LogP contribution in [0.5, 0.6) is 5.75 Å². The molecule has 25 heavy (non-hydrogen) atoms. The van der Waals surface area contributed by atoms with Crippen molar-refractivity contribution in [3.05, 3.63) is 64.7 Å². The quantitative estimate of drug-likeness (QED) is 0.303. The molecule has 0 amide bonds. The average molecular weight is 364 g/mol. The fourth-order valence-electron chi connectivity index (χ4n) is 2.09. The van der Waals surface area contributed by atoms with Crippen LogP contribution in [-0.4, -0.2) is 31.2 Å².